The third-order valence-electron chi connectivity index (χ3n) is 5.26. The molecular weight excluding hydrogens is 366 g/mol. The van der Waals surface area contributed by atoms with E-state index in [9.17, 15) is 4.79 Å². The first-order chi connectivity index (χ1) is 14.1. The summed E-state index contributed by atoms with van der Waals surface area (Å²) in [6, 6.07) is 17.8. The second-order valence-corrected chi connectivity index (χ2v) is 7.73. The maximum absolute atomic E-state index is 13.2. The summed E-state index contributed by atoms with van der Waals surface area (Å²) in [5, 5.41) is 11.1. The lowest BCUT2D eigenvalue weighted by atomic mass is 10.00. The Bertz CT molecular complexity index is 926. The van der Waals surface area contributed by atoms with Gasteiger partial charge in [0.05, 0.1) is 19.2 Å². The fourth-order valence-corrected chi connectivity index (χ4v) is 3.55. The number of rotatable bonds is 5. The Kier molecular flexibility index (Phi) is 5.67. The summed E-state index contributed by atoms with van der Waals surface area (Å²) in [5.41, 5.74) is 2.83. The maximum Gasteiger partial charge on any atom is 0.254 e. The summed E-state index contributed by atoms with van der Waals surface area (Å²) in [7, 11) is 0. The lowest BCUT2D eigenvalue weighted by Gasteiger charge is -2.40. The van der Waals surface area contributed by atoms with Gasteiger partial charge in [-0.15, -0.1) is 5.10 Å². The molecule has 4 rings (SSSR count). The van der Waals surface area contributed by atoms with Crippen molar-refractivity contribution in [2.75, 3.05) is 13.1 Å². The highest BCUT2D eigenvalue weighted by Gasteiger charge is 2.33. The van der Waals surface area contributed by atoms with E-state index in [-0.39, 0.29) is 18.1 Å². The van der Waals surface area contributed by atoms with Gasteiger partial charge in [0.1, 0.15) is 12.4 Å². The number of tetrazole rings is 1. The molecule has 7 nitrogen and oxygen atoms in total. The van der Waals surface area contributed by atoms with E-state index in [4.69, 9.17) is 4.74 Å². The maximum atomic E-state index is 13.2. The second kappa shape index (κ2) is 8.53. The van der Waals surface area contributed by atoms with Gasteiger partial charge in [0.2, 0.25) is 0 Å². The van der Waals surface area contributed by atoms with Crippen LogP contribution >= 0.6 is 0 Å². The highest BCUT2D eigenvalue weighted by atomic mass is 16.5. The summed E-state index contributed by atoms with van der Waals surface area (Å²) in [6.45, 7) is 6.00. The third-order valence-corrected chi connectivity index (χ3v) is 5.26. The van der Waals surface area contributed by atoms with Gasteiger partial charge in [-0.25, -0.2) is 4.68 Å². The number of nitrogens with zero attached hydrogens (tertiary/aromatic N) is 5. The third kappa shape index (κ3) is 4.51. The van der Waals surface area contributed by atoms with E-state index < -0.39 is 0 Å². The summed E-state index contributed by atoms with van der Waals surface area (Å²) in [5.74, 6) is 0.365. The van der Waals surface area contributed by atoms with Crippen LogP contribution in [0.4, 0.5) is 0 Å². The predicted octanol–water partition coefficient (Wildman–Crippen LogP) is 2.96. The molecular formula is C22H25N5O2. The Morgan fingerprint density at radius 1 is 1.10 bits per heavy atom. The van der Waals surface area contributed by atoms with Crippen LogP contribution < -0.4 is 0 Å². The van der Waals surface area contributed by atoms with Gasteiger partial charge in [0.15, 0.2) is 0 Å². The van der Waals surface area contributed by atoms with E-state index in [1.807, 2.05) is 47.4 Å². The molecule has 3 aromatic rings. The zero-order valence-corrected chi connectivity index (χ0v) is 16.7. The molecule has 0 aliphatic carbocycles. The molecule has 0 N–H and O–H groups in total. The highest BCUT2D eigenvalue weighted by Crippen LogP contribution is 2.29. The quantitative estimate of drug-likeness (QED) is 0.669. The first kappa shape index (κ1) is 19.3. The number of morpholine rings is 1. The second-order valence-electron chi connectivity index (χ2n) is 7.73. The van der Waals surface area contributed by atoms with Gasteiger partial charge in [-0.1, -0.05) is 56.3 Å². The molecule has 1 aliphatic rings. The van der Waals surface area contributed by atoms with E-state index in [0.717, 1.165) is 11.1 Å². The van der Waals surface area contributed by atoms with Gasteiger partial charge in [0.25, 0.3) is 5.91 Å². The van der Waals surface area contributed by atoms with Crippen LogP contribution in [0.2, 0.25) is 0 Å². The summed E-state index contributed by atoms with van der Waals surface area (Å²) < 4.78 is 7.96. The number of carbonyl (C=O) groups excluding carboxylic acids is 1. The van der Waals surface area contributed by atoms with Gasteiger partial charge < -0.3 is 9.64 Å². The molecule has 1 fully saturated rings. The molecule has 1 aromatic heterocycles. The molecule has 1 saturated heterocycles. The van der Waals surface area contributed by atoms with Gasteiger partial charge in [-0.3, -0.25) is 4.79 Å². The van der Waals surface area contributed by atoms with E-state index in [2.05, 4.69) is 41.5 Å². The molecule has 1 amide bonds. The van der Waals surface area contributed by atoms with Crippen LogP contribution in [-0.2, 0) is 11.3 Å². The number of amides is 1. The minimum Gasteiger partial charge on any atom is -0.366 e. The SMILES string of the molecule is CC(C)[C@H]1CN(C(=O)c2ccc(Cn3cnnn3)cc2)C[C@@H](c2ccccc2)O1. The molecule has 0 spiro atoms. The number of aromatic nitrogens is 4. The van der Waals surface area contributed by atoms with Crippen LogP contribution in [0, 0.1) is 5.92 Å². The van der Waals surface area contributed by atoms with Gasteiger partial charge in [0, 0.05) is 12.1 Å². The van der Waals surface area contributed by atoms with Crippen LogP contribution in [0.1, 0.15) is 41.4 Å². The fraction of sp³-hybridized carbons (Fsp3) is 0.364. The zero-order chi connectivity index (χ0) is 20.2. The van der Waals surface area contributed by atoms with Crippen molar-refractivity contribution in [3.8, 4) is 0 Å². The Labute approximate surface area is 170 Å². The fourth-order valence-electron chi connectivity index (χ4n) is 3.55. The standard InChI is InChI=1S/C22H25N5O2/c1-16(2)20-13-26(14-21(29-20)18-6-4-3-5-7-18)22(28)19-10-8-17(9-11-19)12-27-15-23-24-25-27/h3-11,15-16,20-21H,12-14H2,1-2H3/t20-,21+/m1/s1. The van der Waals surface area contributed by atoms with Crippen LogP contribution in [0.3, 0.4) is 0 Å². The van der Waals surface area contributed by atoms with Crippen molar-refractivity contribution < 1.29 is 9.53 Å². The Morgan fingerprint density at radius 2 is 1.86 bits per heavy atom. The van der Waals surface area contributed by atoms with Crippen molar-refractivity contribution in [3.05, 3.63) is 77.6 Å². The number of carbonyl (C=O) groups is 1. The zero-order valence-electron chi connectivity index (χ0n) is 16.7. The highest BCUT2D eigenvalue weighted by molar-refractivity contribution is 5.94. The normalized spacial score (nSPS) is 19.5. The first-order valence-corrected chi connectivity index (χ1v) is 9.89. The van der Waals surface area contributed by atoms with Crippen molar-refractivity contribution >= 4 is 5.91 Å². The molecule has 0 radical (unpaired) electrons. The van der Waals surface area contributed by atoms with Gasteiger partial charge in [-0.2, -0.15) is 0 Å². The summed E-state index contributed by atoms with van der Waals surface area (Å²) in [4.78, 5) is 15.1. The number of hydrogen-bond acceptors (Lipinski definition) is 5. The number of ether oxygens (including phenoxy) is 1. The molecule has 29 heavy (non-hydrogen) atoms. The van der Waals surface area contributed by atoms with Crippen LogP contribution in [0.15, 0.2) is 60.9 Å². The van der Waals surface area contributed by atoms with Crippen molar-refractivity contribution in [2.45, 2.75) is 32.6 Å². The molecule has 1 aliphatic heterocycles. The number of hydrogen-bond donors (Lipinski definition) is 0. The predicted molar refractivity (Wildman–Crippen MR) is 108 cm³/mol. The largest absolute Gasteiger partial charge is 0.366 e. The van der Waals surface area contributed by atoms with E-state index >= 15 is 0 Å². The average molecular weight is 391 g/mol. The molecule has 2 heterocycles. The minimum atomic E-state index is -0.111. The van der Waals surface area contributed by atoms with E-state index in [1.54, 1.807) is 11.0 Å². The van der Waals surface area contributed by atoms with Gasteiger partial charge >= 0.3 is 0 Å². The molecule has 2 aromatic carbocycles. The number of benzene rings is 2. The molecule has 7 heteroatoms. The molecule has 2 atom stereocenters. The van der Waals surface area contributed by atoms with Crippen molar-refractivity contribution in [1.82, 2.24) is 25.1 Å². The molecule has 0 unspecified atom stereocenters. The first-order valence-electron chi connectivity index (χ1n) is 9.89. The van der Waals surface area contributed by atoms with E-state index in [0.29, 0.717) is 31.1 Å². The van der Waals surface area contributed by atoms with Crippen LogP contribution in [0.25, 0.3) is 0 Å². The lowest BCUT2D eigenvalue weighted by Crippen LogP contribution is -2.48. The Balaban J connectivity index is 1.50. The summed E-state index contributed by atoms with van der Waals surface area (Å²) in [6.07, 6.45) is 1.47. The van der Waals surface area contributed by atoms with Crippen molar-refractivity contribution in [3.63, 3.8) is 0 Å². The van der Waals surface area contributed by atoms with E-state index in [1.165, 1.54) is 0 Å². The summed E-state index contributed by atoms with van der Waals surface area (Å²) >= 11 is 0. The molecule has 0 saturated carbocycles. The minimum absolute atomic E-state index is 0.0111. The monoisotopic (exact) mass is 391 g/mol. The molecule has 150 valence electrons. The average Bonchev–Trinajstić information content (AvgIpc) is 3.27. The van der Waals surface area contributed by atoms with Crippen LogP contribution in [-0.4, -0.2) is 50.2 Å². The molecule has 0 bridgehead atoms. The van der Waals surface area contributed by atoms with Crippen LogP contribution in [0.5, 0.6) is 0 Å². The Morgan fingerprint density at radius 3 is 2.52 bits per heavy atom. The lowest BCUT2D eigenvalue weighted by molar-refractivity contribution is -0.0954. The smallest absolute Gasteiger partial charge is 0.254 e. The van der Waals surface area contributed by atoms with Crippen molar-refractivity contribution in [1.29, 1.82) is 0 Å². The van der Waals surface area contributed by atoms with Gasteiger partial charge in [-0.05, 0) is 39.6 Å². The Hall–Kier alpha value is -3.06. The topological polar surface area (TPSA) is 73.1 Å². The van der Waals surface area contributed by atoms with Crippen molar-refractivity contribution in [2.24, 2.45) is 5.92 Å².